The Labute approximate surface area is 189 Å². The standard InChI is InChI=1S/C23H23ClN4O2S/c1-13-21(24)16-10-14(5-6-17(16)26-13)27-18-7-8-25-19-11-20(31-22(18)19)23(29)28-9-3-4-15(28)12-30-2/h5-8,10-11,15,26H,3-4,9,12H2,1-2H3,(H,25,27)/t15-/m0/s1. The quantitative estimate of drug-likeness (QED) is 0.403. The molecule has 0 bridgehead atoms. The molecule has 1 aliphatic heterocycles. The van der Waals surface area contributed by atoms with Crippen LogP contribution in [-0.2, 0) is 4.74 Å². The molecule has 31 heavy (non-hydrogen) atoms. The second-order valence-corrected chi connectivity index (χ2v) is 9.31. The first-order chi connectivity index (χ1) is 15.0. The van der Waals surface area contributed by atoms with Gasteiger partial charge in [0, 0.05) is 42.1 Å². The van der Waals surface area contributed by atoms with Crippen molar-refractivity contribution >= 4 is 61.3 Å². The topological polar surface area (TPSA) is 70.2 Å². The van der Waals surface area contributed by atoms with Gasteiger partial charge in [0.1, 0.15) is 0 Å². The Morgan fingerprint density at radius 1 is 1.39 bits per heavy atom. The average Bonchev–Trinajstić information content (AvgIpc) is 3.47. The van der Waals surface area contributed by atoms with Crippen molar-refractivity contribution in [2.75, 3.05) is 25.6 Å². The molecule has 0 aliphatic carbocycles. The number of fused-ring (bicyclic) bond motifs is 2. The van der Waals surface area contributed by atoms with E-state index in [4.69, 9.17) is 16.3 Å². The van der Waals surface area contributed by atoms with Crippen LogP contribution in [0.4, 0.5) is 11.4 Å². The van der Waals surface area contributed by atoms with E-state index in [0.29, 0.717) is 11.5 Å². The molecular formula is C23H23ClN4O2S. The molecule has 0 radical (unpaired) electrons. The van der Waals surface area contributed by atoms with Crippen molar-refractivity contribution in [2.45, 2.75) is 25.8 Å². The number of likely N-dealkylation sites (tertiary alicyclic amines) is 1. The first-order valence-electron chi connectivity index (χ1n) is 10.3. The normalized spacial score (nSPS) is 16.5. The van der Waals surface area contributed by atoms with E-state index in [0.717, 1.165) is 62.6 Å². The Hall–Kier alpha value is -2.61. The lowest BCUT2D eigenvalue weighted by Gasteiger charge is -2.23. The minimum absolute atomic E-state index is 0.0597. The van der Waals surface area contributed by atoms with E-state index in [1.165, 1.54) is 11.3 Å². The summed E-state index contributed by atoms with van der Waals surface area (Å²) in [7, 11) is 1.68. The molecule has 8 heteroatoms. The van der Waals surface area contributed by atoms with E-state index in [9.17, 15) is 4.79 Å². The van der Waals surface area contributed by atoms with Crippen molar-refractivity contribution < 1.29 is 9.53 Å². The molecule has 0 spiro atoms. The molecule has 4 heterocycles. The van der Waals surface area contributed by atoms with Gasteiger partial charge in [0.2, 0.25) is 0 Å². The van der Waals surface area contributed by atoms with Gasteiger partial charge in [0.05, 0.1) is 38.5 Å². The van der Waals surface area contributed by atoms with Crippen LogP contribution in [0.5, 0.6) is 0 Å². The van der Waals surface area contributed by atoms with Crippen molar-refractivity contribution in [3.8, 4) is 0 Å². The monoisotopic (exact) mass is 454 g/mol. The van der Waals surface area contributed by atoms with Gasteiger partial charge in [-0.2, -0.15) is 0 Å². The Morgan fingerprint density at radius 3 is 3.10 bits per heavy atom. The molecule has 2 N–H and O–H groups in total. The Bertz CT molecular complexity index is 1280. The number of aryl methyl sites for hydroxylation is 1. The van der Waals surface area contributed by atoms with Gasteiger partial charge < -0.3 is 19.9 Å². The van der Waals surface area contributed by atoms with E-state index >= 15 is 0 Å². The molecule has 0 unspecified atom stereocenters. The predicted molar refractivity (Wildman–Crippen MR) is 127 cm³/mol. The summed E-state index contributed by atoms with van der Waals surface area (Å²) in [6.45, 7) is 3.31. The fourth-order valence-corrected chi connectivity index (χ4v) is 5.52. The number of aromatic amines is 1. The molecular weight excluding hydrogens is 432 g/mol. The summed E-state index contributed by atoms with van der Waals surface area (Å²) in [6.07, 6.45) is 3.76. The van der Waals surface area contributed by atoms with Gasteiger partial charge in [-0.25, -0.2) is 0 Å². The molecule has 1 aromatic carbocycles. The third-order valence-electron chi connectivity index (χ3n) is 5.81. The number of methoxy groups -OCH3 is 1. The second-order valence-electron chi connectivity index (χ2n) is 7.88. The Morgan fingerprint density at radius 2 is 2.26 bits per heavy atom. The van der Waals surface area contributed by atoms with Gasteiger partial charge in [-0.1, -0.05) is 11.6 Å². The number of pyridine rings is 1. The van der Waals surface area contributed by atoms with Crippen LogP contribution in [0.1, 0.15) is 28.2 Å². The molecule has 1 aliphatic rings. The summed E-state index contributed by atoms with van der Waals surface area (Å²) in [4.78, 5) is 23.6. The number of carbonyl (C=O) groups excluding carboxylic acids is 1. The number of hydrogen-bond acceptors (Lipinski definition) is 5. The lowest BCUT2D eigenvalue weighted by molar-refractivity contribution is 0.0635. The highest BCUT2D eigenvalue weighted by molar-refractivity contribution is 7.21. The van der Waals surface area contributed by atoms with Crippen molar-refractivity contribution in [1.82, 2.24) is 14.9 Å². The van der Waals surface area contributed by atoms with Crippen LogP contribution >= 0.6 is 22.9 Å². The van der Waals surface area contributed by atoms with Crippen LogP contribution in [0.2, 0.25) is 5.02 Å². The second kappa shape index (κ2) is 8.15. The molecule has 1 fully saturated rings. The van der Waals surface area contributed by atoms with Gasteiger partial charge in [-0.15, -0.1) is 11.3 Å². The lowest BCUT2D eigenvalue weighted by Crippen LogP contribution is -2.37. The number of benzene rings is 1. The van der Waals surface area contributed by atoms with Crippen LogP contribution in [0.15, 0.2) is 36.5 Å². The summed E-state index contributed by atoms with van der Waals surface area (Å²) in [5.74, 6) is 0.0597. The fraction of sp³-hybridized carbons (Fsp3) is 0.304. The number of amides is 1. The average molecular weight is 455 g/mol. The maximum absolute atomic E-state index is 13.2. The maximum atomic E-state index is 13.2. The van der Waals surface area contributed by atoms with E-state index in [1.807, 2.05) is 42.2 Å². The fourth-order valence-electron chi connectivity index (χ4n) is 4.28. The van der Waals surface area contributed by atoms with Gasteiger partial charge in [0.15, 0.2) is 0 Å². The van der Waals surface area contributed by atoms with Gasteiger partial charge >= 0.3 is 0 Å². The number of ether oxygens (including phenoxy) is 1. The van der Waals surface area contributed by atoms with E-state index in [2.05, 4.69) is 15.3 Å². The first kappa shape index (κ1) is 20.3. The van der Waals surface area contributed by atoms with Crippen molar-refractivity contribution in [1.29, 1.82) is 0 Å². The zero-order chi connectivity index (χ0) is 21.5. The minimum Gasteiger partial charge on any atom is -0.383 e. The summed E-state index contributed by atoms with van der Waals surface area (Å²) < 4.78 is 6.27. The van der Waals surface area contributed by atoms with Crippen LogP contribution in [0.25, 0.3) is 21.1 Å². The highest BCUT2D eigenvalue weighted by atomic mass is 35.5. The SMILES string of the molecule is COC[C@@H]1CCCN1C(=O)c1cc2nccc(Nc3ccc4[nH]c(C)c(Cl)c4c3)c2s1. The van der Waals surface area contributed by atoms with Crippen LogP contribution < -0.4 is 5.32 Å². The molecule has 5 rings (SSSR count). The number of anilines is 2. The number of nitrogens with one attached hydrogen (secondary N) is 2. The number of hydrogen-bond donors (Lipinski definition) is 2. The Kier molecular flexibility index (Phi) is 5.33. The molecule has 3 aromatic heterocycles. The molecule has 160 valence electrons. The summed E-state index contributed by atoms with van der Waals surface area (Å²) in [5, 5.41) is 5.20. The number of carbonyl (C=O) groups is 1. The number of H-pyrrole nitrogens is 1. The van der Waals surface area contributed by atoms with Crippen LogP contribution in [0.3, 0.4) is 0 Å². The lowest BCUT2D eigenvalue weighted by atomic mass is 10.2. The molecule has 6 nitrogen and oxygen atoms in total. The largest absolute Gasteiger partial charge is 0.383 e. The zero-order valence-corrected chi connectivity index (χ0v) is 18.9. The number of aromatic nitrogens is 2. The smallest absolute Gasteiger partial charge is 0.264 e. The number of nitrogens with zero attached hydrogens (tertiary/aromatic N) is 2. The molecule has 1 amide bonds. The Balaban J connectivity index is 1.46. The van der Waals surface area contributed by atoms with Crippen LogP contribution in [-0.4, -0.2) is 47.1 Å². The minimum atomic E-state index is 0.0597. The summed E-state index contributed by atoms with van der Waals surface area (Å²) >= 11 is 7.91. The zero-order valence-electron chi connectivity index (χ0n) is 17.4. The highest BCUT2D eigenvalue weighted by Gasteiger charge is 2.30. The number of thiophene rings is 1. The van der Waals surface area contributed by atoms with Crippen LogP contribution in [0, 0.1) is 6.92 Å². The molecule has 1 atom stereocenters. The van der Waals surface area contributed by atoms with E-state index in [1.54, 1.807) is 13.3 Å². The van der Waals surface area contributed by atoms with Crippen molar-refractivity contribution in [3.05, 3.63) is 52.1 Å². The number of rotatable bonds is 5. The van der Waals surface area contributed by atoms with Gasteiger partial charge in [0.25, 0.3) is 5.91 Å². The summed E-state index contributed by atoms with van der Waals surface area (Å²) in [6, 6.07) is 10.0. The highest BCUT2D eigenvalue weighted by Crippen LogP contribution is 2.35. The van der Waals surface area contributed by atoms with E-state index < -0.39 is 0 Å². The number of halogens is 1. The molecule has 4 aromatic rings. The maximum Gasteiger partial charge on any atom is 0.264 e. The molecule has 1 saturated heterocycles. The molecule has 0 saturated carbocycles. The predicted octanol–water partition coefficient (Wildman–Crippen LogP) is 5.73. The van der Waals surface area contributed by atoms with Gasteiger partial charge in [-0.3, -0.25) is 9.78 Å². The summed E-state index contributed by atoms with van der Waals surface area (Å²) in [5.41, 5.74) is 4.63. The van der Waals surface area contributed by atoms with Crippen molar-refractivity contribution in [2.24, 2.45) is 0 Å². The van der Waals surface area contributed by atoms with Gasteiger partial charge in [-0.05, 0) is 50.1 Å². The van der Waals surface area contributed by atoms with Crippen molar-refractivity contribution in [3.63, 3.8) is 0 Å². The first-order valence-corrected chi connectivity index (χ1v) is 11.5. The third-order valence-corrected chi connectivity index (χ3v) is 7.44. The third kappa shape index (κ3) is 3.67. The van der Waals surface area contributed by atoms with E-state index in [-0.39, 0.29) is 11.9 Å².